The monoisotopic (exact) mass is 320 g/mol. The van der Waals surface area contributed by atoms with Gasteiger partial charge in [0, 0.05) is 0 Å². The third kappa shape index (κ3) is 2.81. The SMILES string of the molecule is C=CC1=C(Cc2cc(C)ccc2C=C)CCC2(C)C(CC)CCC12. The fourth-order valence-electron chi connectivity index (χ4n) is 5.48. The fourth-order valence-corrected chi connectivity index (χ4v) is 5.48. The fraction of sp³-hybridized carbons (Fsp3) is 0.500. The van der Waals surface area contributed by atoms with Gasteiger partial charge in [0.2, 0.25) is 0 Å². The Balaban J connectivity index is 1.96. The first-order valence-corrected chi connectivity index (χ1v) is 9.59. The Labute approximate surface area is 148 Å². The lowest BCUT2D eigenvalue weighted by Gasteiger charge is -2.42. The molecule has 24 heavy (non-hydrogen) atoms. The average molecular weight is 321 g/mol. The van der Waals surface area contributed by atoms with Gasteiger partial charge in [-0.3, -0.25) is 0 Å². The van der Waals surface area contributed by atoms with Crippen LogP contribution in [-0.4, -0.2) is 0 Å². The molecule has 0 amide bonds. The Bertz CT molecular complexity index is 675. The number of hydrogen-bond donors (Lipinski definition) is 0. The van der Waals surface area contributed by atoms with Crippen molar-refractivity contribution in [2.45, 2.75) is 59.3 Å². The summed E-state index contributed by atoms with van der Waals surface area (Å²) in [5.74, 6) is 1.61. The molecule has 0 bridgehead atoms. The molecular weight excluding hydrogens is 288 g/mol. The van der Waals surface area contributed by atoms with E-state index in [9.17, 15) is 0 Å². The van der Waals surface area contributed by atoms with Crippen LogP contribution >= 0.6 is 0 Å². The van der Waals surface area contributed by atoms with Crippen molar-refractivity contribution in [3.63, 3.8) is 0 Å². The molecule has 2 aliphatic rings. The molecule has 3 atom stereocenters. The maximum atomic E-state index is 4.20. The van der Waals surface area contributed by atoms with E-state index in [0.717, 1.165) is 18.3 Å². The maximum absolute atomic E-state index is 4.20. The van der Waals surface area contributed by atoms with Gasteiger partial charge in [-0.05, 0) is 73.0 Å². The number of hydrogen-bond acceptors (Lipinski definition) is 0. The van der Waals surface area contributed by atoms with E-state index in [1.54, 1.807) is 11.1 Å². The number of aryl methyl sites for hydroxylation is 1. The quantitative estimate of drug-likeness (QED) is 0.553. The van der Waals surface area contributed by atoms with E-state index >= 15 is 0 Å². The molecule has 0 N–H and O–H groups in total. The minimum absolute atomic E-state index is 0.496. The zero-order valence-corrected chi connectivity index (χ0v) is 15.7. The number of fused-ring (bicyclic) bond motifs is 1. The van der Waals surface area contributed by atoms with Gasteiger partial charge in [-0.2, -0.15) is 0 Å². The lowest BCUT2D eigenvalue weighted by molar-refractivity contribution is 0.149. The molecule has 3 rings (SSSR count). The Hall–Kier alpha value is -1.56. The molecule has 3 unspecified atom stereocenters. The smallest absolute Gasteiger partial charge is 0.00551 e. The van der Waals surface area contributed by atoms with E-state index in [4.69, 9.17) is 0 Å². The highest BCUT2D eigenvalue weighted by molar-refractivity contribution is 5.54. The Morgan fingerprint density at radius 1 is 1.21 bits per heavy atom. The molecule has 0 spiro atoms. The van der Waals surface area contributed by atoms with Crippen LogP contribution in [-0.2, 0) is 6.42 Å². The Morgan fingerprint density at radius 2 is 2.00 bits per heavy atom. The van der Waals surface area contributed by atoms with Gasteiger partial charge in [0.25, 0.3) is 0 Å². The molecule has 1 fully saturated rings. The van der Waals surface area contributed by atoms with Gasteiger partial charge < -0.3 is 0 Å². The molecule has 1 aromatic rings. The summed E-state index contributed by atoms with van der Waals surface area (Å²) in [6, 6.07) is 6.73. The molecule has 1 saturated carbocycles. The topological polar surface area (TPSA) is 0 Å². The van der Waals surface area contributed by atoms with Crippen LogP contribution < -0.4 is 0 Å². The van der Waals surface area contributed by atoms with Crippen molar-refractivity contribution < 1.29 is 0 Å². The normalized spacial score (nSPS) is 29.5. The van der Waals surface area contributed by atoms with Crippen LogP contribution in [0.15, 0.2) is 48.6 Å². The van der Waals surface area contributed by atoms with Gasteiger partial charge in [0.05, 0.1) is 0 Å². The summed E-state index contributed by atoms with van der Waals surface area (Å²) in [5.41, 5.74) is 7.73. The largest absolute Gasteiger partial charge is 0.0988 e. The standard InChI is InChI=1S/C24H32/c1-6-18-10-9-17(4)15-20(18)16-19-13-14-24(5)21(7-2)11-12-23(24)22(19)8-3/h6,8-10,15,21,23H,1,3,7,11-14,16H2,2,4-5H3. The highest BCUT2D eigenvalue weighted by Gasteiger charge is 2.48. The summed E-state index contributed by atoms with van der Waals surface area (Å²) in [6.07, 6.45) is 11.9. The minimum Gasteiger partial charge on any atom is -0.0988 e. The zero-order chi connectivity index (χ0) is 17.3. The average Bonchev–Trinajstić information content (AvgIpc) is 2.91. The Kier molecular flexibility index (Phi) is 4.85. The van der Waals surface area contributed by atoms with Crippen LogP contribution in [0.1, 0.15) is 62.6 Å². The molecule has 0 saturated heterocycles. The van der Waals surface area contributed by atoms with Gasteiger partial charge in [0.1, 0.15) is 0 Å². The van der Waals surface area contributed by atoms with Gasteiger partial charge >= 0.3 is 0 Å². The summed E-state index contributed by atoms with van der Waals surface area (Å²) in [6.45, 7) is 15.3. The molecule has 1 aromatic carbocycles. The number of allylic oxidation sites excluding steroid dienone is 3. The summed E-state index contributed by atoms with van der Waals surface area (Å²) in [4.78, 5) is 0. The van der Waals surface area contributed by atoms with Crippen LogP contribution in [0.2, 0.25) is 0 Å². The van der Waals surface area contributed by atoms with Gasteiger partial charge in [-0.15, -0.1) is 0 Å². The van der Waals surface area contributed by atoms with E-state index in [2.05, 4.69) is 58.2 Å². The molecule has 0 nitrogen and oxygen atoms in total. The molecule has 0 aliphatic heterocycles. The van der Waals surface area contributed by atoms with Crippen molar-refractivity contribution >= 4 is 6.08 Å². The second-order valence-corrected chi connectivity index (χ2v) is 8.09. The summed E-state index contributed by atoms with van der Waals surface area (Å²) >= 11 is 0. The molecule has 128 valence electrons. The predicted molar refractivity (Wildman–Crippen MR) is 106 cm³/mol. The van der Waals surface area contributed by atoms with Crippen LogP contribution in [0.5, 0.6) is 0 Å². The third-order valence-corrected chi connectivity index (χ3v) is 6.92. The summed E-state index contributed by atoms with van der Waals surface area (Å²) < 4.78 is 0. The first-order valence-electron chi connectivity index (χ1n) is 9.59. The number of rotatable bonds is 5. The lowest BCUT2D eigenvalue weighted by Crippen LogP contribution is -2.33. The summed E-state index contributed by atoms with van der Waals surface area (Å²) in [5, 5.41) is 0. The van der Waals surface area contributed by atoms with Crippen molar-refractivity contribution in [1.82, 2.24) is 0 Å². The van der Waals surface area contributed by atoms with Crippen LogP contribution in [0.4, 0.5) is 0 Å². The highest BCUT2D eigenvalue weighted by atomic mass is 14.5. The van der Waals surface area contributed by atoms with Gasteiger partial charge in [-0.1, -0.05) is 74.9 Å². The third-order valence-electron chi connectivity index (χ3n) is 6.92. The molecule has 0 heteroatoms. The highest BCUT2D eigenvalue weighted by Crippen LogP contribution is 2.58. The lowest BCUT2D eigenvalue weighted by atomic mass is 9.62. The number of benzene rings is 1. The van der Waals surface area contributed by atoms with Crippen LogP contribution in [0.25, 0.3) is 6.08 Å². The van der Waals surface area contributed by atoms with Crippen LogP contribution in [0, 0.1) is 24.2 Å². The second-order valence-electron chi connectivity index (χ2n) is 8.09. The Morgan fingerprint density at radius 3 is 2.67 bits per heavy atom. The van der Waals surface area contributed by atoms with E-state index in [0.29, 0.717) is 5.41 Å². The minimum atomic E-state index is 0.496. The van der Waals surface area contributed by atoms with Crippen molar-refractivity contribution in [2.75, 3.05) is 0 Å². The van der Waals surface area contributed by atoms with Crippen molar-refractivity contribution in [3.05, 3.63) is 65.3 Å². The first kappa shape index (κ1) is 17.3. The second kappa shape index (κ2) is 6.75. The first-order chi connectivity index (χ1) is 11.5. The van der Waals surface area contributed by atoms with Crippen molar-refractivity contribution in [1.29, 1.82) is 0 Å². The van der Waals surface area contributed by atoms with E-state index in [1.165, 1.54) is 48.8 Å². The van der Waals surface area contributed by atoms with Crippen molar-refractivity contribution in [3.8, 4) is 0 Å². The van der Waals surface area contributed by atoms with Crippen LogP contribution in [0.3, 0.4) is 0 Å². The van der Waals surface area contributed by atoms with Crippen molar-refractivity contribution in [2.24, 2.45) is 17.3 Å². The summed E-state index contributed by atoms with van der Waals surface area (Å²) in [7, 11) is 0. The molecule has 0 aromatic heterocycles. The van der Waals surface area contributed by atoms with E-state index in [-0.39, 0.29) is 0 Å². The maximum Gasteiger partial charge on any atom is -0.00551 e. The zero-order valence-electron chi connectivity index (χ0n) is 15.7. The van der Waals surface area contributed by atoms with E-state index < -0.39 is 0 Å². The molecular formula is C24H32. The predicted octanol–water partition coefficient (Wildman–Crippen LogP) is 6.90. The van der Waals surface area contributed by atoms with Gasteiger partial charge in [0.15, 0.2) is 0 Å². The van der Waals surface area contributed by atoms with E-state index in [1.807, 2.05) is 6.08 Å². The molecule has 0 heterocycles. The molecule has 2 aliphatic carbocycles. The van der Waals surface area contributed by atoms with Gasteiger partial charge in [-0.25, -0.2) is 0 Å². The molecule has 0 radical (unpaired) electrons.